The summed E-state index contributed by atoms with van der Waals surface area (Å²) in [4.78, 5) is 30.4. The zero-order valence-corrected chi connectivity index (χ0v) is 15.2. The summed E-state index contributed by atoms with van der Waals surface area (Å²) in [6, 6.07) is 14.4. The van der Waals surface area contributed by atoms with E-state index in [0.29, 0.717) is 28.4 Å². The molecule has 2 heterocycles. The van der Waals surface area contributed by atoms with E-state index in [9.17, 15) is 9.59 Å². The number of nitrogens with zero attached hydrogens (tertiary/aromatic N) is 3. The Labute approximate surface area is 159 Å². The molecule has 0 bridgehead atoms. The topological polar surface area (TPSA) is 55.2 Å². The summed E-state index contributed by atoms with van der Waals surface area (Å²) in [6.45, 7) is 0.333. The highest BCUT2D eigenvalue weighted by Gasteiger charge is 2.34. The van der Waals surface area contributed by atoms with E-state index in [4.69, 9.17) is 11.6 Å². The summed E-state index contributed by atoms with van der Waals surface area (Å²) in [5, 5.41) is 1.43. The second kappa shape index (κ2) is 6.97. The van der Waals surface area contributed by atoms with Crippen molar-refractivity contribution in [2.45, 2.75) is 5.16 Å². The molecule has 0 radical (unpaired) electrons. The van der Waals surface area contributed by atoms with Gasteiger partial charge in [0.1, 0.15) is 0 Å². The van der Waals surface area contributed by atoms with E-state index >= 15 is 0 Å². The maximum absolute atomic E-state index is 12.4. The molecule has 0 fully saturated rings. The van der Waals surface area contributed by atoms with Gasteiger partial charge < -0.3 is 0 Å². The van der Waals surface area contributed by atoms with Crippen molar-refractivity contribution in [3.05, 3.63) is 77.1 Å². The minimum atomic E-state index is -0.232. The highest BCUT2D eigenvalue weighted by Crippen LogP contribution is 2.25. The van der Waals surface area contributed by atoms with Crippen molar-refractivity contribution in [2.24, 2.45) is 0 Å². The second-order valence-corrected chi connectivity index (χ2v) is 7.21. The first-order valence-corrected chi connectivity index (χ1v) is 9.39. The molecule has 26 heavy (non-hydrogen) atoms. The predicted octanol–water partition coefficient (Wildman–Crippen LogP) is 3.91. The minimum Gasteiger partial charge on any atom is -0.295 e. The van der Waals surface area contributed by atoms with Gasteiger partial charge in [-0.3, -0.25) is 19.1 Å². The molecule has 1 aliphatic heterocycles. The molecule has 0 spiro atoms. The van der Waals surface area contributed by atoms with E-state index in [-0.39, 0.29) is 11.8 Å². The molecule has 0 unspecified atom stereocenters. The van der Waals surface area contributed by atoms with Crippen molar-refractivity contribution in [1.82, 2.24) is 14.5 Å². The number of aromatic nitrogens is 2. The first-order chi connectivity index (χ1) is 12.6. The molecule has 0 atom stereocenters. The van der Waals surface area contributed by atoms with Crippen molar-refractivity contribution in [2.75, 3.05) is 12.3 Å². The molecule has 4 rings (SSSR count). The molecule has 7 heteroatoms. The van der Waals surface area contributed by atoms with Crippen LogP contribution in [0.2, 0.25) is 5.02 Å². The molecule has 0 saturated carbocycles. The van der Waals surface area contributed by atoms with Crippen molar-refractivity contribution < 1.29 is 9.59 Å². The zero-order chi connectivity index (χ0) is 18.1. The average molecular weight is 384 g/mol. The number of imidazole rings is 1. The Kier molecular flexibility index (Phi) is 4.53. The van der Waals surface area contributed by atoms with Gasteiger partial charge in [0.25, 0.3) is 11.8 Å². The van der Waals surface area contributed by atoms with Gasteiger partial charge in [-0.1, -0.05) is 41.6 Å². The van der Waals surface area contributed by atoms with Gasteiger partial charge in [-0.25, -0.2) is 4.98 Å². The summed E-state index contributed by atoms with van der Waals surface area (Å²) in [7, 11) is 0. The Morgan fingerprint density at radius 3 is 2.42 bits per heavy atom. The van der Waals surface area contributed by atoms with Gasteiger partial charge in [-0.05, 0) is 30.3 Å². The van der Waals surface area contributed by atoms with Crippen LogP contribution in [0.15, 0.2) is 66.1 Å². The summed E-state index contributed by atoms with van der Waals surface area (Å²) < 4.78 is 1.93. The summed E-state index contributed by atoms with van der Waals surface area (Å²) >= 11 is 7.55. The Hall–Kier alpha value is -2.57. The lowest BCUT2D eigenvalue weighted by atomic mass is 10.1. The van der Waals surface area contributed by atoms with Gasteiger partial charge in [-0.2, -0.15) is 0 Å². The molecule has 0 saturated heterocycles. The number of carbonyl (C=O) groups excluding carboxylic acids is 2. The molecule has 1 aromatic heterocycles. The molecule has 2 amide bonds. The average Bonchev–Trinajstić information content (AvgIpc) is 3.21. The molecule has 0 N–H and O–H groups in total. The van der Waals surface area contributed by atoms with Crippen LogP contribution in [0.1, 0.15) is 20.7 Å². The minimum absolute atomic E-state index is 0.232. The van der Waals surface area contributed by atoms with Crippen LogP contribution in [0.3, 0.4) is 0 Å². The number of rotatable bonds is 5. The number of hydrogen-bond donors (Lipinski definition) is 0. The lowest BCUT2D eigenvalue weighted by Crippen LogP contribution is -2.31. The van der Waals surface area contributed by atoms with Crippen LogP contribution in [0.5, 0.6) is 0 Å². The normalized spacial score (nSPS) is 13.3. The van der Waals surface area contributed by atoms with E-state index < -0.39 is 0 Å². The molecule has 0 aliphatic carbocycles. The van der Waals surface area contributed by atoms with Gasteiger partial charge in [0, 0.05) is 35.4 Å². The number of imide groups is 1. The Balaban J connectivity index is 1.45. The number of amides is 2. The number of carbonyl (C=O) groups is 2. The van der Waals surface area contributed by atoms with Crippen LogP contribution in [0.25, 0.3) is 5.69 Å². The molecule has 130 valence electrons. The third-order valence-electron chi connectivity index (χ3n) is 4.12. The lowest BCUT2D eigenvalue weighted by Gasteiger charge is -2.13. The number of benzene rings is 2. The third-order valence-corrected chi connectivity index (χ3v) is 5.30. The summed E-state index contributed by atoms with van der Waals surface area (Å²) in [5.74, 6) is 0.0945. The van der Waals surface area contributed by atoms with Gasteiger partial charge in [-0.15, -0.1) is 0 Å². The van der Waals surface area contributed by atoms with Gasteiger partial charge in [0.15, 0.2) is 5.16 Å². The first kappa shape index (κ1) is 16.9. The molecule has 1 aliphatic rings. The fraction of sp³-hybridized carbons (Fsp3) is 0.105. The molecule has 5 nitrogen and oxygen atoms in total. The largest absolute Gasteiger partial charge is 0.295 e. The highest BCUT2D eigenvalue weighted by molar-refractivity contribution is 7.99. The number of thioether (sulfide) groups is 1. The van der Waals surface area contributed by atoms with Crippen molar-refractivity contribution >= 4 is 35.2 Å². The van der Waals surface area contributed by atoms with Crippen LogP contribution >= 0.6 is 23.4 Å². The van der Waals surface area contributed by atoms with E-state index in [0.717, 1.165) is 10.8 Å². The van der Waals surface area contributed by atoms with Crippen LogP contribution in [-0.4, -0.2) is 38.6 Å². The van der Waals surface area contributed by atoms with Crippen LogP contribution in [0, 0.1) is 0 Å². The Morgan fingerprint density at radius 2 is 1.73 bits per heavy atom. The smallest absolute Gasteiger partial charge is 0.261 e. The van der Waals surface area contributed by atoms with Gasteiger partial charge in [0.05, 0.1) is 11.1 Å². The van der Waals surface area contributed by atoms with E-state index in [1.807, 2.05) is 35.0 Å². The number of hydrogen-bond acceptors (Lipinski definition) is 4. The van der Waals surface area contributed by atoms with Crippen molar-refractivity contribution in [3.8, 4) is 5.69 Å². The van der Waals surface area contributed by atoms with Gasteiger partial charge >= 0.3 is 0 Å². The summed E-state index contributed by atoms with van der Waals surface area (Å²) in [6.07, 6.45) is 3.57. The number of fused-ring (bicyclic) bond motifs is 1. The van der Waals surface area contributed by atoms with Gasteiger partial charge in [0.2, 0.25) is 0 Å². The van der Waals surface area contributed by atoms with Crippen molar-refractivity contribution in [3.63, 3.8) is 0 Å². The second-order valence-electron chi connectivity index (χ2n) is 5.72. The summed E-state index contributed by atoms with van der Waals surface area (Å²) in [5.41, 5.74) is 1.86. The van der Waals surface area contributed by atoms with E-state index in [1.165, 1.54) is 16.7 Å². The SMILES string of the molecule is O=C1c2ccccc2C(=O)N1CCSc1nccn1-c1cccc(Cl)c1. The Bertz CT molecular complexity index is 967. The van der Waals surface area contributed by atoms with Crippen LogP contribution < -0.4 is 0 Å². The first-order valence-electron chi connectivity index (χ1n) is 8.02. The monoisotopic (exact) mass is 383 g/mol. The fourth-order valence-electron chi connectivity index (χ4n) is 2.89. The predicted molar refractivity (Wildman–Crippen MR) is 101 cm³/mol. The quantitative estimate of drug-likeness (QED) is 0.495. The Morgan fingerprint density at radius 1 is 1.00 bits per heavy atom. The lowest BCUT2D eigenvalue weighted by molar-refractivity contribution is 0.0664. The molecule has 3 aromatic rings. The molecular weight excluding hydrogens is 370 g/mol. The molecule has 2 aromatic carbocycles. The van der Waals surface area contributed by atoms with Crippen LogP contribution in [-0.2, 0) is 0 Å². The maximum Gasteiger partial charge on any atom is 0.261 e. The standard InChI is InChI=1S/C19H14ClN3O2S/c20-13-4-3-5-14(12-13)22-9-8-21-19(22)26-11-10-23-17(24)15-6-1-2-7-16(15)18(23)25/h1-9,12H,10-11H2. The van der Waals surface area contributed by atoms with E-state index in [2.05, 4.69) is 4.98 Å². The number of halogens is 1. The third kappa shape index (κ3) is 3.02. The van der Waals surface area contributed by atoms with Crippen molar-refractivity contribution in [1.29, 1.82) is 0 Å². The van der Waals surface area contributed by atoms with E-state index in [1.54, 1.807) is 30.5 Å². The maximum atomic E-state index is 12.4. The fourth-order valence-corrected chi connectivity index (χ4v) is 3.97. The highest BCUT2D eigenvalue weighted by atomic mass is 35.5. The zero-order valence-electron chi connectivity index (χ0n) is 13.6. The molecular formula is C19H14ClN3O2S. The van der Waals surface area contributed by atoms with Crippen LogP contribution in [0.4, 0.5) is 0 Å².